The quantitative estimate of drug-likeness (QED) is 0.261. The van der Waals surface area contributed by atoms with Gasteiger partial charge in [-0.1, -0.05) is 41.4 Å². The highest BCUT2D eigenvalue weighted by atomic mass is 79.9. The van der Waals surface area contributed by atoms with Gasteiger partial charge in [0.2, 0.25) is 0 Å². The molecule has 3 aromatic carbocycles. The van der Waals surface area contributed by atoms with Crippen molar-refractivity contribution in [1.82, 2.24) is 4.90 Å². The van der Waals surface area contributed by atoms with Gasteiger partial charge in [0, 0.05) is 5.69 Å². The largest absolute Gasteiger partial charge is 0.493 e. The maximum atomic E-state index is 13.0. The van der Waals surface area contributed by atoms with Gasteiger partial charge in [-0.2, -0.15) is 0 Å². The van der Waals surface area contributed by atoms with Crippen molar-refractivity contribution < 1.29 is 23.9 Å². The zero-order valence-corrected chi connectivity index (χ0v) is 24.1. The van der Waals surface area contributed by atoms with Crippen molar-refractivity contribution in [3.63, 3.8) is 0 Å². The number of anilines is 1. The van der Waals surface area contributed by atoms with Crippen LogP contribution in [0.4, 0.5) is 10.5 Å². The lowest BCUT2D eigenvalue weighted by molar-refractivity contribution is -0.123. The second kappa shape index (κ2) is 12.3. The number of aryl methyl sites for hydroxylation is 1. The van der Waals surface area contributed by atoms with E-state index in [1.807, 2.05) is 25.1 Å². The number of imide groups is 1. The van der Waals surface area contributed by atoms with E-state index in [1.165, 1.54) is 7.11 Å². The molecule has 0 atom stereocenters. The first-order valence-corrected chi connectivity index (χ1v) is 13.6. The van der Waals surface area contributed by atoms with Crippen LogP contribution >= 0.6 is 50.9 Å². The summed E-state index contributed by atoms with van der Waals surface area (Å²) in [4.78, 5) is 39.3. The molecular weight excluding hydrogens is 615 g/mol. The molecule has 1 fully saturated rings. The Bertz CT molecular complexity index is 1460. The van der Waals surface area contributed by atoms with Crippen LogP contribution in [0, 0.1) is 6.92 Å². The molecule has 38 heavy (non-hydrogen) atoms. The molecule has 0 aliphatic carbocycles. The van der Waals surface area contributed by atoms with Crippen molar-refractivity contribution in [1.29, 1.82) is 0 Å². The second-order valence-corrected chi connectivity index (χ2v) is 10.9. The number of nitrogens with zero attached hydrogens (tertiary/aromatic N) is 1. The minimum atomic E-state index is -0.422. The van der Waals surface area contributed by atoms with E-state index in [4.69, 9.17) is 32.7 Å². The number of hydrogen-bond acceptors (Lipinski definition) is 6. The Morgan fingerprint density at radius 1 is 1.11 bits per heavy atom. The van der Waals surface area contributed by atoms with E-state index in [9.17, 15) is 14.4 Å². The number of amides is 3. The molecule has 1 saturated heterocycles. The van der Waals surface area contributed by atoms with Crippen LogP contribution in [0.5, 0.6) is 11.5 Å². The van der Waals surface area contributed by atoms with Gasteiger partial charge in [-0.15, -0.1) is 0 Å². The maximum Gasteiger partial charge on any atom is 0.293 e. The summed E-state index contributed by atoms with van der Waals surface area (Å²) in [5, 5.41) is 3.13. The van der Waals surface area contributed by atoms with Crippen LogP contribution in [0.15, 0.2) is 64.0 Å². The Morgan fingerprint density at radius 2 is 1.89 bits per heavy atom. The Morgan fingerprint density at radius 3 is 2.61 bits per heavy atom. The Kier molecular flexibility index (Phi) is 9.04. The molecule has 1 heterocycles. The van der Waals surface area contributed by atoms with Crippen molar-refractivity contribution in [3.8, 4) is 11.5 Å². The fraction of sp³-hybridized carbons (Fsp3) is 0.148. The molecule has 1 N–H and O–H groups in total. The summed E-state index contributed by atoms with van der Waals surface area (Å²) in [6.45, 7) is 1.77. The fourth-order valence-corrected chi connectivity index (χ4v) is 5.36. The van der Waals surface area contributed by atoms with Crippen molar-refractivity contribution in [2.45, 2.75) is 13.5 Å². The summed E-state index contributed by atoms with van der Waals surface area (Å²) in [5.74, 6) is -0.0700. The maximum absolute atomic E-state index is 13.0. The third-order valence-corrected chi connectivity index (χ3v) is 7.63. The minimum Gasteiger partial charge on any atom is -0.493 e. The van der Waals surface area contributed by atoms with Gasteiger partial charge in [0.25, 0.3) is 17.1 Å². The SMILES string of the molecule is COc1cc(/C=C2\SC(=O)N(Cc3ccc(Cl)c(Cl)c3)C2=O)cc(Br)c1OCC(=O)Nc1cccc(C)c1. The van der Waals surface area contributed by atoms with Crippen LogP contribution in [0.25, 0.3) is 6.08 Å². The van der Waals surface area contributed by atoms with Crippen molar-refractivity contribution in [2.75, 3.05) is 19.0 Å². The van der Waals surface area contributed by atoms with Crippen LogP contribution in [0.2, 0.25) is 10.0 Å². The molecule has 0 radical (unpaired) electrons. The van der Waals surface area contributed by atoms with Gasteiger partial charge in [0.15, 0.2) is 18.1 Å². The smallest absolute Gasteiger partial charge is 0.293 e. The summed E-state index contributed by atoms with van der Waals surface area (Å²) in [5.41, 5.74) is 2.98. The normalized spacial score (nSPS) is 14.2. The average Bonchev–Trinajstić information content (AvgIpc) is 3.12. The van der Waals surface area contributed by atoms with Gasteiger partial charge in [-0.3, -0.25) is 19.3 Å². The summed E-state index contributed by atoms with van der Waals surface area (Å²) in [6.07, 6.45) is 1.60. The van der Waals surface area contributed by atoms with E-state index >= 15 is 0 Å². The number of benzene rings is 3. The second-order valence-electron chi connectivity index (χ2n) is 8.26. The van der Waals surface area contributed by atoms with Crippen molar-refractivity contribution in [3.05, 3.63) is 90.7 Å². The van der Waals surface area contributed by atoms with Crippen molar-refractivity contribution >= 4 is 79.7 Å². The molecule has 0 saturated carbocycles. The van der Waals surface area contributed by atoms with Gasteiger partial charge in [0.1, 0.15) is 0 Å². The lowest BCUT2D eigenvalue weighted by Gasteiger charge is -2.14. The third-order valence-electron chi connectivity index (χ3n) is 5.40. The molecule has 3 amide bonds. The lowest BCUT2D eigenvalue weighted by Crippen LogP contribution is -2.27. The minimum absolute atomic E-state index is 0.0727. The van der Waals surface area contributed by atoms with E-state index in [0.29, 0.717) is 42.8 Å². The molecular formula is C27H21BrCl2N2O5S. The highest BCUT2D eigenvalue weighted by Crippen LogP contribution is 2.39. The number of nitrogens with one attached hydrogen (secondary N) is 1. The predicted octanol–water partition coefficient (Wildman–Crippen LogP) is 7.33. The third kappa shape index (κ3) is 6.71. The van der Waals surface area contributed by atoms with Crippen molar-refractivity contribution in [2.24, 2.45) is 0 Å². The van der Waals surface area contributed by atoms with Crippen LogP contribution in [0.3, 0.4) is 0 Å². The molecule has 1 aliphatic heterocycles. The molecule has 0 unspecified atom stereocenters. The Balaban J connectivity index is 1.47. The Labute approximate surface area is 242 Å². The summed E-state index contributed by atoms with van der Waals surface area (Å²) < 4.78 is 11.7. The predicted molar refractivity (Wildman–Crippen MR) is 154 cm³/mol. The number of carbonyl (C=O) groups excluding carboxylic acids is 3. The van der Waals surface area contributed by atoms with Gasteiger partial charge < -0.3 is 14.8 Å². The first-order chi connectivity index (χ1) is 18.1. The van der Waals surface area contributed by atoms with E-state index in [1.54, 1.807) is 42.5 Å². The van der Waals surface area contributed by atoms with E-state index in [0.717, 1.165) is 22.2 Å². The summed E-state index contributed by atoms with van der Waals surface area (Å²) in [6, 6.07) is 15.8. The molecule has 0 spiro atoms. The monoisotopic (exact) mass is 634 g/mol. The van der Waals surface area contributed by atoms with Gasteiger partial charge in [-0.25, -0.2) is 0 Å². The van der Waals surface area contributed by atoms with Gasteiger partial charge >= 0.3 is 0 Å². The highest BCUT2D eigenvalue weighted by molar-refractivity contribution is 9.10. The number of thioether (sulfide) groups is 1. The number of halogens is 3. The molecule has 11 heteroatoms. The number of carbonyl (C=O) groups is 3. The number of ether oxygens (including phenoxy) is 2. The Hall–Kier alpha value is -2.98. The average molecular weight is 636 g/mol. The zero-order chi connectivity index (χ0) is 27.4. The van der Waals surface area contributed by atoms with Crippen LogP contribution < -0.4 is 14.8 Å². The number of methoxy groups -OCH3 is 1. The van der Waals surface area contributed by atoms with Gasteiger partial charge in [-0.05, 0) is 93.8 Å². The first-order valence-electron chi connectivity index (χ1n) is 11.2. The zero-order valence-electron chi connectivity index (χ0n) is 20.2. The topological polar surface area (TPSA) is 84.9 Å². The molecule has 3 aromatic rings. The lowest BCUT2D eigenvalue weighted by atomic mass is 10.1. The molecule has 4 rings (SSSR count). The van der Waals surface area contributed by atoms with E-state index in [2.05, 4.69) is 21.2 Å². The number of rotatable bonds is 8. The molecule has 7 nitrogen and oxygen atoms in total. The molecule has 196 valence electrons. The molecule has 1 aliphatic rings. The van der Waals surface area contributed by atoms with E-state index in [-0.39, 0.29) is 24.0 Å². The van der Waals surface area contributed by atoms with Crippen LogP contribution in [-0.4, -0.2) is 35.7 Å². The number of hydrogen-bond donors (Lipinski definition) is 1. The highest BCUT2D eigenvalue weighted by Gasteiger charge is 2.35. The van der Waals surface area contributed by atoms with Crippen LogP contribution in [-0.2, 0) is 16.1 Å². The van der Waals surface area contributed by atoms with Crippen LogP contribution in [0.1, 0.15) is 16.7 Å². The summed E-state index contributed by atoms with van der Waals surface area (Å²) >= 11 is 16.3. The molecule has 0 bridgehead atoms. The first kappa shape index (κ1) is 28.0. The molecule has 0 aromatic heterocycles. The fourth-order valence-electron chi connectivity index (χ4n) is 3.63. The summed E-state index contributed by atoms with van der Waals surface area (Å²) in [7, 11) is 1.47. The van der Waals surface area contributed by atoms with Gasteiger partial charge in [0.05, 0.1) is 33.1 Å². The standard InChI is InChI=1S/C27H21BrCl2N2O5S/c1-15-4-3-5-18(8-15)31-24(33)14-37-25-19(28)9-17(11-22(25)36-2)12-23-26(34)32(27(35)38-23)13-16-6-7-20(29)21(30)10-16/h3-12H,13-14H2,1-2H3,(H,31,33)/b23-12-. The van der Waals surface area contributed by atoms with E-state index < -0.39 is 11.1 Å².